The van der Waals surface area contributed by atoms with Crippen LogP contribution in [0, 0.1) is 0 Å². The van der Waals surface area contributed by atoms with Gasteiger partial charge in [0.05, 0.1) is 18.8 Å². The van der Waals surface area contributed by atoms with Gasteiger partial charge in [0.25, 0.3) is 16.1 Å². The van der Waals surface area contributed by atoms with Crippen LogP contribution in [0.2, 0.25) is 0 Å². The van der Waals surface area contributed by atoms with Crippen molar-refractivity contribution in [3.63, 3.8) is 0 Å². The van der Waals surface area contributed by atoms with Crippen molar-refractivity contribution in [1.29, 1.82) is 0 Å². The first-order valence-electron chi connectivity index (χ1n) is 5.55. The maximum absolute atomic E-state index is 11.9. The molecule has 0 atom stereocenters. The van der Waals surface area contributed by atoms with Gasteiger partial charge in [-0.05, 0) is 26.0 Å². The number of methoxy groups -OCH3 is 1. The first-order chi connectivity index (χ1) is 9.33. The molecule has 8 heteroatoms. The second-order valence-electron chi connectivity index (χ2n) is 3.95. The van der Waals surface area contributed by atoms with E-state index < -0.39 is 27.0 Å². The Hall–Kier alpha value is -2.18. The number of sulfonamides is 1. The second-order valence-corrected chi connectivity index (χ2v) is 5.49. The summed E-state index contributed by atoms with van der Waals surface area (Å²) >= 11 is 0. The zero-order valence-corrected chi connectivity index (χ0v) is 11.9. The fourth-order valence-electron chi connectivity index (χ4n) is 1.48. The average Bonchev–Trinajstić information content (AvgIpc) is 2.36. The summed E-state index contributed by atoms with van der Waals surface area (Å²) in [6, 6.07) is 4.01. The Labute approximate surface area is 116 Å². The number of isocyanates is 1. The van der Waals surface area contributed by atoms with Gasteiger partial charge in [0.1, 0.15) is 10.6 Å². The molecule has 0 unspecified atom stereocenters. The number of ether oxygens (including phenoxy) is 2. The fraction of sp³-hybridized carbons (Fsp3) is 0.333. The van der Waals surface area contributed by atoms with E-state index in [9.17, 15) is 18.0 Å². The van der Waals surface area contributed by atoms with Crippen molar-refractivity contribution in [1.82, 2.24) is 0 Å². The van der Waals surface area contributed by atoms with E-state index in [0.29, 0.717) is 0 Å². The summed E-state index contributed by atoms with van der Waals surface area (Å²) in [6.07, 6.45) is 0.512. The molecular weight excluding hydrogens is 286 g/mol. The van der Waals surface area contributed by atoms with Crippen molar-refractivity contribution in [2.45, 2.75) is 24.8 Å². The zero-order chi connectivity index (χ0) is 15.3. The lowest BCUT2D eigenvalue weighted by Gasteiger charge is -2.12. The molecule has 0 amide bonds. The lowest BCUT2D eigenvalue weighted by molar-refractivity contribution is 0.0372. The molecule has 0 heterocycles. The molecule has 0 aliphatic rings. The van der Waals surface area contributed by atoms with E-state index in [2.05, 4.69) is 4.40 Å². The molecule has 0 saturated heterocycles. The van der Waals surface area contributed by atoms with E-state index >= 15 is 0 Å². The number of benzene rings is 1. The lowest BCUT2D eigenvalue weighted by Crippen LogP contribution is -2.15. The number of hydrogen-bond acceptors (Lipinski definition) is 6. The molecule has 0 spiro atoms. The minimum atomic E-state index is -4.39. The zero-order valence-electron chi connectivity index (χ0n) is 11.1. The number of nitrogens with zero attached hydrogens (tertiary/aromatic N) is 1. The maximum atomic E-state index is 11.9. The average molecular weight is 299 g/mol. The smallest absolute Gasteiger partial charge is 0.339 e. The van der Waals surface area contributed by atoms with E-state index in [1.807, 2.05) is 0 Å². The van der Waals surface area contributed by atoms with Gasteiger partial charge < -0.3 is 9.47 Å². The van der Waals surface area contributed by atoms with Crippen LogP contribution in [0.1, 0.15) is 24.2 Å². The first-order valence-corrected chi connectivity index (χ1v) is 6.99. The van der Waals surface area contributed by atoms with Gasteiger partial charge in [0, 0.05) is 0 Å². The number of esters is 1. The molecule has 0 aliphatic carbocycles. The van der Waals surface area contributed by atoms with E-state index in [4.69, 9.17) is 9.47 Å². The highest BCUT2D eigenvalue weighted by molar-refractivity contribution is 7.90. The Morgan fingerprint density at radius 2 is 2.00 bits per heavy atom. The molecule has 20 heavy (non-hydrogen) atoms. The molecule has 0 aliphatic heterocycles. The van der Waals surface area contributed by atoms with Gasteiger partial charge >= 0.3 is 5.97 Å². The Bertz CT molecular complexity index is 659. The second kappa shape index (κ2) is 6.31. The highest BCUT2D eigenvalue weighted by atomic mass is 32.2. The largest absolute Gasteiger partial charge is 0.495 e. The van der Waals surface area contributed by atoms with Crippen LogP contribution in [0.4, 0.5) is 0 Å². The molecule has 1 rings (SSSR count). The third kappa shape index (κ3) is 3.43. The number of carbonyl (C=O) groups is 1. The molecule has 0 N–H and O–H groups in total. The van der Waals surface area contributed by atoms with E-state index in [0.717, 1.165) is 6.08 Å². The summed E-state index contributed by atoms with van der Waals surface area (Å²) in [6.45, 7) is 3.24. The third-order valence-corrected chi connectivity index (χ3v) is 3.43. The monoisotopic (exact) mass is 299 g/mol. The Kier molecular flexibility index (Phi) is 5.01. The van der Waals surface area contributed by atoms with Crippen LogP contribution in [0.25, 0.3) is 0 Å². The normalized spacial score (nSPS) is 10.8. The predicted octanol–water partition coefficient (Wildman–Crippen LogP) is 1.28. The van der Waals surface area contributed by atoms with E-state index in [1.54, 1.807) is 13.8 Å². The topological polar surface area (TPSA) is 99.1 Å². The molecule has 0 saturated carbocycles. The van der Waals surface area contributed by atoms with E-state index in [1.165, 1.54) is 25.3 Å². The number of carbonyl (C=O) groups excluding carboxylic acids is 2. The van der Waals surface area contributed by atoms with Gasteiger partial charge in [-0.3, -0.25) is 0 Å². The van der Waals surface area contributed by atoms with Crippen molar-refractivity contribution in [2.75, 3.05) is 7.11 Å². The van der Waals surface area contributed by atoms with Crippen LogP contribution >= 0.6 is 0 Å². The molecule has 7 nitrogen and oxygen atoms in total. The highest BCUT2D eigenvalue weighted by Crippen LogP contribution is 2.29. The van der Waals surface area contributed by atoms with Crippen LogP contribution in [0.15, 0.2) is 27.5 Å². The van der Waals surface area contributed by atoms with Crippen molar-refractivity contribution in [2.24, 2.45) is 4.40 Å². The Morgan fingerprint density at radius 1 is 1.35 bits per heavy atom. The predicted molar refractivity (Wildman–Crippen MR) is 68.9 cm³/mol. The van der Waals surface area contributed by atoms with Crippen LogP contribution < -0.4 is 4.74 Å². The first kappa shape index (κ1) is 15.9. The van der Waals surface area contributed by atoms with E-state index in [-0.39, 0.29) is 11.3 Å². The molecule has 0 fully saturated rings. The van der Waals surface area contributed by atoms with Gasteiger partial charge in [0.2, 0.25) is 0 Å². The summed E-state index contributed by atoms with van der Waals surface area (Å²) < 4.78 is 36.4. The molecule has 0 aromatic heterocycles. The Balaban J connectivity index is 3.55. The summed E-state index contributed by atoms with van der Waals surface area (Å²) in [5.74, 6) is -0.958. The van der Waals surface area contributed by atoms with Crippen LogP contribution in [-0.4, -0.2) is 33.7 Å². The Morgan fingerprint density at radius 3 is 2.50 bits per heavy atom. The standard InChI is InChI=1S/C12H13NO6S/c1-8(2)19-12(15)9-5-4-6-10(18-3)11(9)20(16,17)13-7-14/h4-6,8H,1-3H3. The summed E-state index contributed by atoms with van der Waals surface area (Å²) in [4.78, 5) is 21.6. The van der Waals surface area contributed by atoms with Gasteiger partial charge in [-0.25, -0.2) is 9.59 Å². The summed E-state index contributed by atoms with van der Waals surface area (Å²) in [5.41, 5.74) is -0.253. The number of hydrogen-bond donors (Lipinski definition) is 0. The van der Waals surface area contributed by atoms with Crippen molar-refractivity contribution < 1.29 is 27.5 Å². The molecule has 108 valence electrons. The molecule has 0 bridgehead atoms. The summed E-state index contributed by atoms with van der Waals surface area (Å²) in [5, 5.41) is 0. The molecule has 1 aromatic carbocycles. The molecular formula is C12H13NO6S. The molecule has 0 radical (unpaired) electrons. The van der Waals surface area contributed by atoms with Crippen molar-refractivity contribution in [3.8, 4) is 5.75 Å². The van der Waals surface area contributed by atoms with Gasteiger partial charge in [-0.1, -0.05) is 10.5 Å². The minimum Gasteiger partial charge on any atom is -0.495 e. The highest BCUT2D eigenvalue weighted by Gasteiger charge is 2.28. The van der Waals surface area contributed by atoms with Gasteiger partial charge in [0.15, 0.2) is 0 Å². The lowest BCUT2D eigenvalue weighted by atomic mass is 10.2. The summed E-state index contributed by atoms with van der Waals surface area (Å²) in [7, 11) is -3.16. The van der Waals surface area contributed by atoms with Crippen LogP contribution in [0.3, 0.4) is 0 Å². The molecule has 1 aromatic rings. The quantitative estimate of drug-likeness (QED) is 0.461. The van der Waals surface area contributed by atoms with Crippen molar-refractivity contribution >= 4 is 22.1 Å². The fourth-order valence-corrected chi connectivity index (χ4v) is 2.50. The van der Waals surface area contributed by atoms with Crippen LogP contribution in [-0.2, 0) is 19.6 Å². The van der Waals surface area contributed by atoms with Crippen molar-refractivity contribution in [3.05, 3.63) is 23.8 Å². The van der Waals surface area contributed by atoms with Gasteiger partial charge in [-0.2, -0.15) is 8.42 Å². The number of rotatable bonds is 5. The maximum Gasteiger partial charge on any atom is 0.339 e. The minimum absolute atomic E-state index is 0.109. The third-order valence-electron chi connectivity index (χ3n) is 2.18. The van der Waals surface area contributed by atoms with Crippen LogP contribution in [0.5, 0.6) is 5.75 Å². The van der Waals surface area contributed by atoms with Gasteiger partial charge in [-0.15, -0.1) is 0 Å². The SMILES string of the molecule is COc1cccc(C(=O)OC(C)C)c1S(=O)(=O)N=C=O.